The first-order valence-corrected chi connectivity index (χ1v) is 5.17. The SMILES string of the molecule is CC(C)c1cc(CCCN)sn1. The Morgan fingerprint density at radius 3 is 2.83 bits per heavy atom. The van der Waals surface area contributed by atoms with Crippen LogP contribution in [0.15, 0.2) is 6.07 Å². The van der Waals surface area contributed by atoms with E-state index in [2.05, 4.69) is 24.3 Å². The van der Waals surface area contributed by atoms with E-state index in [0.29, 0.717) is 5.92 Å². The Bertz CT molecular complexity index is 230. The number of rotatable bonds is 4. The predicted octanol–water partition coefficient (Wildman–Crippen LogP) is 2.16. The zero-order valence-corrected chi connectivity index (χ0v) is 8.53. The zero-order valence-electron chi connectivity index (χ0n) is 7.71. The lowest BCUT2D eigenvalue weighted by atomic mass is 10.1. The number of nitrogens with two attached hydrogens (primary N) is 1. The van der Waals surface area contributed by atoms with Crippen molar-refractivity contribution in [3.8, 4) is 0 Å². The lowest BCUT2D eigenvalue weighted by Crippen LogP contribution is -1.99. The quantitative estimate of drug-likeness (QED) is 0.778. The van der Waals surface area contributed by atoms with Crippen LogP contribution in [0.1, 0.15) is 36.8 Å². The summed E-state index contributed by atoms with van der Waals surface area (Å²) in [6.07, 6.45) is 2.15. The van der Waals surface area contributed by atoms with Gasteiger partial charge in [0.15, 0.2) is 0 Å². The Labute approximate surface area is 78.0 Å². The average Bonchev–Trinajstić information content (AvgIpc) is 2.48. The van der Waals surface area contributed by atoms with Crippen LogP contribution < -0.4 is 5.73 Å². The zero-order chi connectivity index (χ0) is 8.97. The summed E-state index contributed by atoms with van der Waals surface area (Å²) in [7, 11) is 0. The Hall–Kier alpha value is -0.410. The van der Waals surface area contributed by atoms with E-state index in [0.717, 1.165) is 19.4 Å². The summed E-state index contributed by atoms with van der Waals surface area (Å²) in [5, 5.41) is 0. The molecule has 2 N–H and O–H groups in total. The highest BCUT2D eigenvalue weighted by Gasteiger charge is 2.04. The van der Waals surface area contributed by atoms with Crippen LogP contribution in [0.3, 0.4) is 0 Å². The van der Waals surface area contributed by atoms with Crippen molar-refractivity contribution in [2.24, 2.45) is 5.73 Å². The monoisotopic (exact) mass is 184 g/mol. The van der Waals surface area contributed by atoms with Crippen LogP contribution in [-0.4, -0.2) is 10.9 Å². The van der Waals surface area contributed by atoms with E-state index < -0.39 is 0 Å². The van der Waals surface area contributed by atoms with Crippen LogP contribution in [0.2, 0.25) is 0 Å². The van der Waals surface area contributed by atoms with E-state index >= 15 is 0 Å². The molecule has 1 aromatic rings. The van der Waals surface area contributed by atoms with Crippen LogP contribution in [0, 0.1) is 0 Å². The third-order valence-electron chi connectivity index (χ3n) is 1.80. The Kier molecular flexibility index (Phi) is 3.69. The fraction of sp³-hybridized carbons (Fsp3) is 0.667. The van der Waals surface area contributed by atoms with E-state index in [1.54, 1.807) is 11.5 Å². The fourth-order valence-corrected chi connectivity index (χ4v) is 1.89. The third kappa shape index (κ3) is 2.57. The molecule has 0 unspecified atom stereocenters. The maximum Gasteiger partial charge on any atom is 0.0570 e. The highest BCUT2D eigenvalue weighted by Crippen LogP contribution is 2.18. The van der Waals surface area contributed by atoms with Gasteiger partial charge in [-0.25, -0.2) is 0 Å². The summed E-state index contributed by atoms with van der Waals surface area (Å²) in [5.74, 6) is 0.549. The van der Waals surface area contributed by atoms with Gasteiger partial charge in [0.25, 0.3) is 0 Å². The summed E-state index contributed by atoms with van der Waals surface area (Å²) in [6.45, 7) is 5.11. The van der Waals surface area contributed by atoms with Crippen LogP contribution in [0.25, 0.3) is 0 Å². The molecule has 3 heteroatoms. The molecule has 1 rings (SSSR count). The van der Waals surface area contributed by atoms with Crippen LogP contribution in [0.4, 0.5) is 0 Å². The van der Waals surface area contributed by atoms with Gasteiger partial charge in [-0.15, -0.1) is 0 Å². The smallest absolute Gasteiger partial charge is 0.0570 e. The molecule has 0 fully saturated rings. The Balaban J connectivity index is 2.52. The third-order valence-corrected chi connectivity index (χ3v) is 2.65. The average molecular weight is 184 g/mol. The lowest BCUT2D eigenvalue weighted by Gasteiger charge is -1.95. The van der Waals surface area contributed by atoms with E-state index in [-0.39, 0.29) is 0 Å². The molecule has 0 aliphatic carbocycles. The van der Waals surface area contributed by atoms with Gasteiger partial charge in [0, 0.05) is 4.88 Å². The molecule has 68 valence electrons. The summed E-state index contributed by atoms with van der Waals surface area (Å²) in [4.78, 5) is 1.36. The van der Waals surface area contributed by atoms with Crippen molar-refractivity contribution in [2.45, 2.75) is 32.6 Å². The first kappa shape index (κ1) is 9.68. The van der Waals surface area contributed by atoms with E-state index in [4.69, 9.17) is 5.73 Å². The molecule has 1 aromatic heterocycles. The summed E-state index contributed by atoms with van der Waals surface area (Å²) >= 11 is 1.61. The van der Waals surface area contributed by atoms with Crippen molar-refractivity contribution in [1.29, 1.82) is 0 Å². The van der Waals surface area contributed by atoms with Gasteiger partial charge in [-0.05, 0) is 42.9 Å². The van der Waals surface area contributed by atoms with E-state index in [1.165, 1.54) is 10.6 Å². The van der Waals surface area contributed by atoms with Gasteiger partial charge in [-0.3, -0.25) is 0 Å². The molecule has 0 spiro atoms. The summed E-state index contributed by atoms with van der Waals surface area (Å²) in [5.41, 5.74) is 6.64. The highest BCUT2D eigenvalue weighted by atomic mass is 32.1. The van der Waals surface area contributed by atoms with Crippen molar-refractivity contribution in [1.82, 2.24) is 4.37 Å². The highest BCUT2D eigenvalue weighted by molar-refractivity contribution is 7.05. The molecule has 1 heterocycles. The molecule has 0 amide bonds. The number of aryl methyl sites for hydroxylation is 1. The van der Waals surface area contributed by atoms with Gasteiger partial charge in [0.05, 0.1) is 5.69 Å². The van der Waals surface area contributed by atoms with Crippen LogP contribution in [0.5, 0.6) is 0 Å². The standard InChI is InChI=1S/C9H16N2S/c1-7(2)9-6-8(12-11-9)4-3-5-10/h6-7H,3-5,10H2,1-2H3. The van der Waals surface area contributed by atoms with Crippen molar-refractivity contribution in [2.75, 3.05) is 6.54 Å². The van der Waals surface area contributed by atoms with Crippen molar-refractivity contribution in [3.05, 3.63) is 16.6 Å². The molecular weight excluding hydrogens is 168 g/mol. The Morgan fingerprint density at radius 1 is 1.58 bits per heavy atom. The Morgan fingerprint density at radius 2 is 2.33 bits per heavy atom. The molecule has 0 saturated carbocycles. The second-order valence-electron chi connectivity index (χ2n) is 3.27. The number of hydrogen-bond donors (Lipinski definition) is 1. The molecule has 12 heavy (non-hydrogen) atoms. The van der Waals surface area contributed by atoms with Gasteiger partial charge in [0.2, 0.25) is 0 Å². The van der Waals surface area contributed by atoms with Gasteiger partial charge in [0.1, 0.15) is 0 Å². The summed E-state index contributed by atoms with van der Waals surface area (Å²) in [6, 6.07) is 2.20. The molecule has 0 bridgehead atoms. The maximum atomic E-state index is 5.43. The molecule has 0 saturated heterocycles. The minimum atomic E-state index is 0.549. The summed E-state index contributed by atoms with van der Waals surface area (Å²) < 4.78 is 4.37. The van der Waals surface area contributed by atoms with E-state index in [9.17, 15) is 0 Å². The molecule has 0 aliphatic heterocycles. The second-order valence-corrected chi connectivity index (χ2v) is 4.15. The first-order chi connectivity index (χ1) is 5.74. The molecule has 2 nitrogen and oxygen atoms in total. The fourth-order valence-electron chi connectivity index (χ4n) is 0.995. The normalized spacial score (nSPS) is 11.0. The number of nitrogens with zero attached hydrogens (tertiary/aromatic N) is 1. The maximum absolute atomic E-state index is 5.43. The molecule has 0 aromatic carbocycles. The predicted molar refractivity (Wildman–Crippen MR) is 53.6 cm³/mol. The molecule has 0 radical (unpaired) electrons. The van der Waals surface area contributed by atoms with Crippen LogP contribution >= 0.6 is 11.5 Å². The van der Waals surface area contributed by atoms with Gasteiger partial charge in [-0.2, -0.15) is 4.37 Å². The van der Waals surface area contributed by atoms with Crippen molar-refractivity contribution >= 4 is 11.5 Å². The van der Waals surface area contributed by atoms with Gasteiger partial charge >= 0.3 is 0 Å². The lowest BCUT2D eigenvalue weighted by molar-refractivity contribution is 0.827. The minimum absolute atomic E-state index is 0.549. The largest absolute Gasteiger partial charge is 0.330 e. The van der Waals surface area contributed by atoms with E-state index in [1.807, 2.05) is 0 Å². The number of hydrogen-bond acceptors (Lipinski definition) is 3. The molecular formula is C9H16N2S. The molecule has 0 aliphatic rings. The first-order valence-electron chi connectivity index (χ1n) is 4.39. The van der Waals surface area contributed by atoms with Gasteiger partial charge in [-0.1, -0.05) is 13.8 Å². The van der Waals surface area contributed by atoms with Crippen LogP contribution in [-0.2, 0) is 6.42 Å². The van der Waals surface area contributed by atoms with Gasteiger partial charge < -0.3 is 5.73 Å². The van der Waals surface area contributed by atoms with Crippen molar-refractivity contribution in [3.63, 3.8) is 0 Å². The molecule has 0 atom stereocenters. The topological polar surface area (TPSA) is 38.9 Å². The van der Waals surface area contributed by atoms with Crippen molar-refractivity contribution < 1.29 is 0 Å². The number of aromatic nitrogens is 1. The second kappa shape index (κ2) is 4.58. The minimum Gasteiger partial charge on any atom is -0.330 e.